The van der Waals surface area contributed by atoms with Crippen LogP contribution in [0.4, 0.5) is 15.8 Å². The van der Waals surface area contributed by atoms with Crippen molar-refractivity contribution >= 4 is 39.1 Å². The van der Waals surface area contributed by atoms with Crippen LogP contribution in [0.25, 0.3) is 0 Å². The third-order valence-corrected chi connectivity index (χ3v) is 6.62. The van der Waals surface area contributed by atoms with E-state index in [0.29, 0.717) is 22.7 Å². The number of benzene rings is 3. The smallest absolute Gasteiger partial charge is 0.255 e. The first-order chi connectivity index (χ1) is 16.4. The SMILES string of the molecule is CC1CCN(c2ccc(NC(=O)c3ccc(Br)cc3)cc2C(=O)NCc2ccc(F)cc2)CC1. The second-order valence-electron chi connectivity index (χ2n) is 8.67. The number of halogens is 2. The molecule has 2 amide bonds. The fourth-order valence-electron chi connectivity index (χ4n) is 4.01. The lowest BCUT2D eigenvalue weighted by Crippen LogP contribution is -2.35. The Bertz CT molecular complexity index is 1160. The van der Waals surface area contributed by atoms with E-state index in [1.807, 2.05) is 24.3 Å². The van der Waals surface area contributed by atoms with Gasteiger partial charge in [0.15, 0.2) is 0 Å². The van der Waals surface area contributed by atoms with Crippen LogP contribution in [0.15, 0.2) is 71.2 Å². The van der Waals surface area contributed by atoms with Gasteiger partial charge in [-0.25, -0.2) is 4.39 Å². The largest absolute Gasteiger partial charge is 0.371 e. The van der Waals surface area contributed by atoms with E-state index in [4.69, 9.17) is 0 Å². The zero-order valence-electron chi connectivity index (χ0n) is 19.0. The Kier molecular flexibility index (Phi) is 7.63. The van der Waals surface area contributed by atoms with Crippen LogP contribution in [0.3, 0.4) is 0 Å². The minimum Gasteiger partial charge on any atom is -0.371 e. The molecule has 0 atom stereocenters. The van der Waals surface area contributed by atoms with Gasteiger partial charge in [-0.15, -0.1) is 0 Å². The molecule has 1 fully saturated rings. The number of rotatable bonds is 6. The Labute approximate surface area is 207 Å². The molecule has 0 bridgehead atoms. The molecule has 0 aromatic heterocycles. The van der Waals surface area contributed by atoms with Crippen molar-refractivity contribution in [2.24, 2.45) is 5.92 Å². The van der Waals surface area contributed by atoms with Gasteiger partial charge in [0.25, 0.3) is 11.8 Å². The molecule has 0 unspecified atom stereocenters. The van der Waals surface area contributed by atoms with Crippen LogP contribution in [0.5, 0.6) is 0 Å². The molecule has 0 radical (unpaired) electrons. The summed E-state index contributed by atoms with van der Waals surface area (Å²) in [6.45, 7) is 4.29. The number of amides is 2. The van der Waals surface area contributed by atoms with Crippen molar-refractivity contribution in [3.05, 3.63) is 93.7 Å². The van der Waals surface area contributed by atoms with Crippen LogP contribution < -0.4 is 15.5 Å². The van der Waals surface area contributed by atoms with Crippen molar-refractivity contribution in [3.8, 4) is 0 Å². The second-order valence-corrected chi connectivity index (χ2v) is 9.59. The molecular weight excluding hydrogens is 497 g/mol. The first kappa shape index (κ1) is 24.0. The maximum Gasteiger partial charge on any atom is 0.255 e. The maximum atomic E-state index is 13.2. The minimum absolute atomic E-state index is 0.238. The lowest BCUT2D eigenvalue weighted by Gasteiger charge is -2.33. The van der Waals surface area contributed by atoms with Crippen molar-refractivity contribution in [3.63, 3.8) is 0 Å². The Morgan fingerprint density at radius 2 is 1.65 bits per heavy atom. The highest BCUT2D eigenvalue weighted by Crippen LogP contribution is 2.29. The molecular formula is C27H27BrFN3O2. The predicted molar refractivity (Wildman–Crippen MR) is 137 cm³/mol. The summed E-state index contributed by atoms with van der Waals surface area (Å²) in [7, 11) is 0. The van der Waals surface area contributed by atoms with Gasteiger partial charge in [0.1, 0.15) is 5.82 Å². The maximum absolute atomic E-state index is 13.2. The van der Waals surface area contributed by atoms with E-state index >= 15 is 0 Å². The summed E-state index contributed by atoms with van der Waals surface area (Å²) in [5.41, 5.74) is 3.24. The number of carbonyl (C=O) groups excluding carboxylic acids is 2. The Morgan fingerprint density at radius 3 is 2.32 bits per heavy atom. The summed E-state index contributed by atoms with van der Waals surface area (Å²) in [5, 5.41) is 5.83. The Morgan fingerprint density at radius 1 is 0.971 bits per heavy atom. The number of hydrogen-bond donors (Lipinski definition) is 2. The van der Waals surface area contributed by atoms with Crippen molar-refractivity contribution in [1.29, 1.82) is 0 Å². The van der Waals surface area contributed by atoms with Crippen LogP contribution >= 0.6 is 15.9 Å². The fraction of sp³-hybridized carbons (Fsp3) is 0.259. The first-order valence-corrected chi connectivity index (χ1v) is 12.2. The van der Waals surface area contributed by atoms with Crippen molar-refractivity contribution in [2.75, 3.05) is 23.3 Å². The molecule has 1 saturated heterocycles. The van der Waals surface area contributed by atoms with E-state index < -0.39 is 0 Å². The van der Waals surface area contributed by atoms with Gasteiger partial charge in [0, 0.05) is 41.0 Å². The third kappa shape index (κ3) is 6.03. The molecule has 0 saturated carbocycles. The normalized spacial score (nSPS) is 14.0. The number of carbonyl (C=O) groups is 2. The lowest BCUT2D eigenvalue weighted by atomic mass is 9.97. The molecule has 1 aliphatic heterocycles. The van der Waals surface area contributed by atoms with Crippen LogP contribution in [0.1, 0.15) is 46.0 Å². The molecule has 4 rings (SSSR count). The number of piperidine rings is 1. The second kappa shape index (κ2) is 10.8. The zero-order valence-corrected chi connectivity index (χ0v) is 20.6. The molecule has 176 valence electrons. The fourth-order valence-corrected chi connectivity index (χ4v) is 4.27. The molecule has 5 nitrogen and oxygen atoms in total. The van der Waals surface area contributed by atoms with Crippen molar-refractivity contribution in [2.45, 2.75) is 26.3 Å². The number of nitrogens with zero attached hydrogens (tertiary/aromatic N) is 1. The quantitative estimate of drug-likeness (QED) is 0.416. The molecule has 34 heavy (non-hydrogen) atoms. The van der Waals surface area contributed by atoms with Gasteiger partial charge in [0.05, 0.1) is 5.56 Å². The van der Waals surface area contributed by atoms with E-state index in [0.717, 1.165) is 41.7 Å². The molecule has 3 aromatic carbocycles. The highest BCUT2D eigenvalue weighted by Gasteiger charge is 2.22. The van der Waals surface area contributed by atoms with E-state index in [1.54, 1.807) is 30.3 Å². The van der Waals surface area contributed by atoms with E-state index in [1.165, 1.54) is 12.1 Å². The number of hydrogen-bond acceptors (Lipinski definition) is 3. The number of nitrogens with one attached hydrogen (secondary N) is 2. The summed E-state index contributed by atoms with van der Waals surface area (Å²) in [6.07, 6.45) is 2.14. The first-order valence-electron chi connectivity index (χ1n) is 11.4. The molecule has 7 heteroatoms. The van der Waals surface area contributed by atoms with Gasteiger partial charge in [-0.2, -0.15) is 0 Å². The van der Waals surface area contributed by atoms with Crippen LogP contribution in [-0.4, -0.2) is 24.9 Å². The van der Waals surface area contributed by atoms with Crippen LogP contribution in [0.2, 0.25) is 0 Å². The van der Waals surface area contributed by atoms with Gasteiger partial charge in [-0.05, 0) is 78.9 Å². The Hall–Kier alpha value is -3.19. The van der Waals surface area contributed by atoms with Crippen molar-refractivity contribution in [1.82, 2.24) is 5.32 Å². The standard InChI is InChI=1S/C27H27BrFN3O2/c1-18-12-14-32(15-13-18)25-11-10-23(31-26(33)20-4-6-21(28)7-5-20)16-24(25)27(34)30-17-19-2-8-22(29)9-3-19/h2-11,16,18H,12-15,17H2,1H3,(H,30,34)(H,31,33). The van der Waals surface area contributed by atoms with Gasteiger partial charge in [0.2, 0.25) is 0 Å². The summed E-state index contributed by atoms with van der Waals surface area (Å²) >= 11 is 3.37. The van der Waals surface area contributed by atoms with Crippen LogP contribution in [0, 0.1) is 11.7 Å². The predicted octanol–water partition coefficient (Wildman–Crippen LogP) is 6.01. The zero-order chi connectivity index (χ0) is 24.1. The summed E-state index contributed by atoms with van der Waals surface area (Å²) in [5.74, 6) is -0.134. The molecule has 0 aliphatic carbocycles. The highest BCUT2D eigenvalue weighted by atomic mass is 79.9. The average Bonchev–Trinajstić information content (AvgIpc) is 2.84. The topological polar surface area (TPSA) is 61.4 Å². The van der Waals surface area contributed by atoms with E-state index in [9.17, 15) is 14.0 Å². The van der Waals surface area contributed by atoms with Crippen LogP contribution in [-0.2, 0) is 6.54 Å². The summed E-state index contributed by atoms with van der Waals surface area (Å²) < 4.78 is 14.1. The highest BCUT2D eigenvalue weighted by molar-refractivity contribution is 9.10. The Balaban J connectivity index is 1.56. The molecule has 2 N–H and O–H groups in total. The van der Waals surface area contributed by atoms with Gasteiger partial charge < -0.3 is 15.5 Å². The van der Waals surface area contributed by atoms with Gasteiger partial charge in [-0.1, -0.05) is 35.0 Å². The van der Waals surface area contributed by atoms with Gasteiger partial charge in [-0.3, -0.25) is 9.59 Å². The lowest BCUT2D eigenvalue weighted by molar-refractivity contribution is 0.0950. The average molecular weight is 524 g/mol. The van der Waals surface area contributed by atoms with E-state index in [2.05, 4.69) is 38.4 Å². The molecule has 1 heterocycles. The monoisotopic (exact) mass is 523 g/mol. The molecule has 1 aliphatic rings. The summed E-state index contributed by atoms with van der Waals surface area (Å²) in [6, 6.07) is 18.6. The van der Waals surface area contributed by atoms with E-state index in [-0.39, 0.29) is 24.2 Å². The number of anilines is 2. The van der Waals surface area contributed by atoms with Gasteiger partial charge >= 0.3 is 0 Å². The van der Waals surface area contributed by atoms with Crippen molar-refractivity contribution < 1.29 is 14.0 Å². The summed E-state index contributed by atoms with van der Waals surface area (Å²) in [4.78, 5) is 28.2. The molecule has 3 aromatic rings. The third-order valence-electron chi connectivity index (χ3n) is 6.10. The minimum atomic E-state index is -0.314. The molecule has 0 spiro atoms.